The topological polar surface area (TPSA) is 76.6 Å². The third-order valence-electron chi connectivity index (χ3n) is 5.93. The van der Waals surface area contributed by atoms with E-state index in [1.165, 1.54) is 6.07 Å². The van der Waals surface area contributed by atoms with Crippen molar-refractivity contribution in [3.63, 3.8) is 0 Å². The maximum absolute atomic E-state index is 13.5. The van der Waals surface area contributed by atoms with Gasteiger partial charge in [0.1, 0.15) is 11.9 Å². The van der Waals surface area contributed by atoms with E-state index >= 15 is 0 Å². The molecule has 0 aliphatic carbocycles. The zero-order chi connectivity index (χ0) is 18.3. The summed E-state index contributed by atoms with van der Waals surface area (Å²) in [5.74, 6) is -0.328. The Morgan fingerprint density at radius 1 is 1.38 bits per heavy atom. The molecule has 2 N–H and O–H groups in total. The van der Waals surface area contributed by atoms with Crippen LogP contribution in [0.1, 0.15) is 19.3 Å². The van der Waals surface area contributed by atoms with Crippen LogP contribution in [0.25, 0.3) is 0 Å². The second-order valence-electron chi connectivity index (χ2n) is 7.55. The quantitative estimate of drug-likeness (QED) is 0.868. The van der Waals surface area contributed by atoms with Gasteiger partial charge in [-0.25, -0.2) is 4.39 Å². The number of carbonyl (C=O) groups is 1. The highest BCUT2D eigenvalue weighted by Gasteiger charge is 2.44. The molecule has 3 saturated heterocycles. The predicted molar refractivity (Wildman–Crippen MR) is 95.8 cm³/mol. The smallest absolute Gasteiger partial charge is 0.241 e. The van der Waals surface area contributed by atoms with Gasteiger partial charge in [0.25, 0.3) is 0 Å². The van der Waals surface area contributed by atoms with Crippen molar-refractivity contribution in [2.75, 3.05) is 31.1 Å². The minimum Gasteiger partial charge on any atom is -0.366 e. The molecule has 2 bridgehead atoms. The van der Waals surface area contributed by atoms with Crippen molar-refractivity contribution in [3.8, 4) is 6.07 Å². The normalized spacial score (nSPS) is 29.2. The average molecular weight is 357 g/mol. The summed E-state index contributed by atoms with van der Waals surface area (Å²) < 4.78 is 13.5. The van der Waals surface area contributed by atoms with Gasteiger partial charge in [0.05, 0.1) is 12.1 Å². The fraction of sp³-hybridized carbons (Fsp3) is 0.579. The molecule has 6 nitrogen and oxygen atoms in total. The molecule has 4 atom stereocenters. The van der Waals surface area contributed by atoms with Crippen molar-refractivity contribution in [1.82, 2.24) is 9.80 Å². The van der Waals surface area contributed by atoms with Gasteiger partial charge in [-0.1, -0.05) is 6.07 Å². The number of halogens is 1. The number of hydrogen-bond donors (Lipinski definition) is 1. The summed E-state index contributed by atoms with van der Waals surface area (Å²) in [6.45, 7) is 2.82. The second-order valence-corrected chi connectivity index (χ2v) is 7.55. The number of hydrogen-bond acceptors (Lipinski definition) is 5. The maximum Gasteiger partial charge on any atom is 0.241 e. The van der Waals surface area contributed by atoms with E-state index < -0.39 is 6.04 Å². The first-order valence-corrected chi connectivity index (χ1v) is 9.28. The second kappa shape index (κ2) is 6.86. The van der Waals surface area contributed by atoms with Crippen LogP contribution in [-0.4, -0.2) is 66.1 Å². The van der Waals surface area contributed by atoms with Crippen LogP contribution in [0.15, 0.2) is 24.3 Å². The Morgan fingerprint density at radius 2 is 2.23 bits per heavy atom. The van der Waals surface area contributed by atoms with Crippen LogP contribution in [0.5, 0.6) is 0 Å². The van der Waals surface area contributed by atoms with Crippen LogP contribution in [-0.2, 0) is 4.79 Å². The van der Waals surface area contributed by atoms with E-state index in [0.29, 0.717) is 25.2 Å². The highest BCUT2D eigenvalue weighted by atomic mass is 19.1. The molecule has 1 aromatic carbocycles. The molecule has 26 heavy (non-hydrogen) atoms. The SMILES string of the molecule is N#C[C@@H]1CCCN1C(=O)[C@@H](N)CN1C[C@H]2C[C@@H]1CN2c1cccc(F)c1. The summed E-state index contributed by atoms with van der Waals surface area (Å²) in [6.07, 6.45) is 2.63. The molecule has 0 saturated carbocycles. The Bertz CT molecular complexity index is 735. The first-order chi connectivity index (χ1) is 12.6. The third kappa shape index (κ3) is 3.04. The molecule has 4 rings (SSSR count). The number of piperazine rings is 1. The van der Waals surface area contributed by atoms with E-state index in [0.717, 1.165) is 38.0 Å². The largest absolute Gasteiger partial charge is 0.366 e. The minimum atomic E-state index is -0.592. The number of benzene rings is 1. The number of fused-ring (bicyclic) bond motifs is 2. The monoisotopic (exact) mass is 357 g/mol. The lowest BCUT2D eigenvalue weighted by molar-refractivity contribution is -0.133. The summed E-state index contributed by atoms with van der Waals surface area (Å²) in [5.41, 5.74) is 7.11. The number of amides is 1. The summed E-state index contributed by atoms with van der Waals surface area (Å²) in [6, 6.07) is 8.68. The number of likely N-dealkylation sites (tertiary alicyclic amines) is 2. The van der Waals surface area contributed by atoms with E-state index in [-0.39, 0.29) is 17.8 Å². The first kappa shape index (κ1) is 17.3. The minimum absolute atomic E-state index is 0.112. The Labute approximate surface area is 152 Å². The van der Waals surface area contributed by atoms with Crippen molar-refractivity contribution in [2.24, 2.45) is 5.73 Å². The molecule has 0 radical (unpaired) electrons. The Morgan fingerprint density at radius 3 is 2.92 bits per heavy atom. The molecule has 0 unspecified atom stereocenters. The highest BCUT2D eigenvalue weighted by Crippen LogP contribution is 2.34. The molecule has 3 aliphatic heterocycles. The van der Waals surface area contributed by atoms with Crippen LogP contribution >= 0.6 is 0 Å². The van der Waals surface area contributed by atoms with Gasteiger partial charge in [0, 0.05) is 44.0 Å². The summed E-state index contributed by atoms with van der Waals surface area (Å²) in [4.78, 5) is 18.8. The molecule has 3 heterocycles. The fourth-order valence-corrected chi connectivity index (χ4v) is 4.65. The standard InChI is InChI=1S/C19H24FN5O/c20-13-3-1-4-14(7-13)25-11-16-8-17(25)10-23(16)12-18(22)19(26)24-6-2-5-15(24)9-21/h1,3-4,7,15-18H,2,5-6,8,10-12,22H2/t15-,16+,17+,18-/m0/s1. The molecule has 7 heteroatoms. The summed E-state index contributed by atoms with van der Waals surface area (Å²) >= 11 is 0. The molecule has 3 fully saturated rings. The van der Waals surface area contributed by atoms with Crippen LogP contribution in [0.4, 0.5) is 10.1 Å². The molecule has 138 valence electrons. The molecule has 3 aliphatic rings. The molecular weight excluding hydrogens is 333 g/mol. The van der Waals surface area contributed by atoms with Crippen molar-refractivity contribution < 1.29 is 9.18 Å². The van der Waals surface area contributed by atoms with Crippen molar-refractivity contribution in [3.05, 3.63) is 30.1 Å². The van der Waals surface area contributed by atoms with Crippen LogP contribution in [0, 0.1) is 17.1 Å². The van der Waals surface area contributed by atoms with Crippen molar-refractivity contribution >= 4 is 11.6 Å². The van der Waals surface area contributed by atoms with Gasteiger partial charge in [-0.05, 0) is 37.5 Å². The number of anilines is 1. The van der Waals surface area contributed by atoms with Gasteiger partial charge in [-0.2, -0.15) is 5.26 Å². The van der Waals surface area contributed by atoms with Gasteiger partial charge >= 0.3 is 0 Å². The molecule has 1 amide bonds. The Balaban J connectivity index is 1.36. The Hall–Kier alpha value is -2.17. The lowest BCUT2D eigenvalue weighted by Crippen LogP contribution is -2.54. The third-order valence-corrected chi connectivity index (χ3v) is 5.93. The number of carbonyl (C=O) groups excluding carboxylic acids is 1. The zero-order valence-corrected chi connectivity index (χ0v) is 14.7. The van der Waals surface area contributed by atoms with Gasteiger partial charge in [0.2, 0.25) is 5.91 Å². The number of rotatable bonds is 4. The lowest BCUT2D eigenvalue weighted by Gasteiger charge is -2.37. The van der Waals surface area contributed by atoms with Crippen molar-refractivity contribution in [1.29, 1.82) is 5.26 Å². The first-order valence-electron chi connectivity index (χ1n) is 9.28. The number of nitrogens with zero attached hydrogens (tertiary/aromatic N) is 4. The van der Waals surface area contributed by atoms with Crippen LogP contribution < -0.4 is 10.6 Å². The van der Waals surface area contributed by atoms with Gasteiger partial charge in [-0.3, -0.25) is 9.69 Å². The van der Waals surface area contributed by atoms with Gasteiger partial charge in [-0.15, -0.1) is 0 Å². The van der Waals surface area contributed by atoms with Crippen LogP contribution in [0.2, 0.25) is 0 Å². The van der Waals surface area contributed by atoms with Crippen molar-refractivity contribution in [2.45, 2.75) is 43.4 Å². The zero-order valence-electron chi connectivity index (χ0n) is 14.7. The highest BCUT2D eigenvalue weighted by molar-refractivity contribution is 5.82. The molecular formula is C19H24FN5O. The number of nitrogens with two attached hydrogens (primary N) is 1. The molecule has 0 spiro atoms. The average Bonchev–Trinajstić information content (AvgIpc) is 3.35. The number of nitriles is 1. The Kier molecular flexibility index (Phi) is 4.55. The maximum atomic E-state index is 13.5. The van der Waals surface area contributed by atoms with E-state index in [1.807, 2.05) is 6.07 Å². The van der Waals surface area contributed by atoms with Gasteiger partial charge in [0.15, 0.2) is 0 Å². The summed E-state index contributed by atoms with van der Waals surface area (Å²) in [5, 5.41) is 9.17. The molecule has 0 aromatic heterocycles. The van der Waals surface area contributed by atoms with E-state index in [2.05, 4.69) is 15.9 Å². The fourth-order valence-electron chi connectivity index (χ4n) is 4.65. The predicted octanol–water partition coefficient (Wildman–Crippen LogP) is 0.930. The van der Waals surface area contributed by atoms with E-state index in [4.69, 9.17) is 11.0 Å². The lowest BCUT2D eigenvalue weighted by atomic mass is 10.2. The van der Waals surface area contributed by atoms with E-state index in [1.54, 1.807) is 17.0 Å². The van der Waals surface area contributed by atoms with Gasteiger partial charge < -0.3 is 15.5 Å². The molecule has 1 aromatic rings. The van der Waals surface area contributed by atoms with Crippen LogP contribution in [0.3, 0.4) is 0 Å². The van der Waals surface area contributed by atoms with E-state index in [9.17, 15) is 9.18 Å². The summed E-state index contributed by atoms with van der Waals surface area (Å²) in [7, 11) is 0.